The average Bonchev–Trinajstić information content (AvgIpc) is 2.77. The Labute approximate surface area is 184 Å². The predicted octanol–water partition coefficient (Wildman–Crippen LogP) is 6.49. The highest BCUT2D eigenvalue weighted by molar-refractivity contribution is 5.49. The van der Waals surface area contributed by atoms with Crippen molar-refractivity contribution in [3.8, 4) is 11.5 Å². The van der Waals surface area contributed by atoms with Crippen LogP contribution in [0.3, 0.4) is 0 Å². The van der Waals surface area contributed by atoms with Gasteiger partial charge >= 0.3 is 0 Å². The summed E-state index contributed by atoms with van der Waals surface area (Å²) in [6, 6.07) is 28.5. The minimum atomic E-state index is 0.311. The van der Waals surface area contributed by atoms with Crippen LogP contribution in [0.2, 0.25) is 0 Å². The van der Waals surface area contributed by atoms with Gasteiger partial charge in [-0.2, -0.15) is 0 Å². The van der Waals surface area contributed by atoms with Gasteiger partial charge in [0.05, 0.1) is 0 Å². The van der Waals surface area contributed by atoms with Crippen molar-refractivity contribution >= 4 is 0 Å². The van der Waals surface area contributed by atoms with Gasteiger partial charge in [0.15, 0.2) is 0 Å². The Morgan fingerprint density at radius 3 is 1.13 bits per heavy atom. The summed E-state index contributed by atoms with van der Waals surface area (Å²) in [6.45, 7) is 4.14. The molecule has 0 aliphatic heterocycles. The molecule has 4 aromatic rings. The van der Waals surface area contributed by atoms with E-state index in [0.717, 1.165) is 22.3 Å². The number of rotatable bonds is 6. The highest BCUT2D eigenvalue weighted by atomic mass is 16.3. The molecule has 0 fully saturated rings. The van der Waals surface area contributed by atoms with Crippen LogP contribution in [0.4, 0.5) is 0 Å². The van der Waals surface area contributed by atoms with Gasteiger partial charge in [0.1, 0.15) is 11.5 Å². The maximum atomic E-state index is 10.9. The Kier molecular flexibility index (Phi) is 6.08. The highest BCUT2D eigenvalue weighted by Crippen LogP contribution is 2.32. The van der Waals surface area contributed by atoms with E-state index in [-0.39, 0.29) is 0 Å². The van der Waals surface area contributed by atoms with E-state index in [1.54, 1.807) is 0 Å². The van der Waals surface area contributed by atoms with Crippen LogP contribution < -0.4 is 0 Å². The van der Waals surface area contributed by atoms with Gasteiger partial charge in [-0.25, -0.2) is 0 Å². The third-order valence-corrected chi connectivity index (χ3v) is 5.82. The van der Waals surface area contributed by atoms with Crippen LogP contribution in [0.15, 0.2) is 84.9 Å². The minimum Gasteiger partial charge on any atom is -0.507 e. The zero-order valence-electron chi connectivity index (χ0n) is 18.1. The second-order valence-electron chi connectivity index (χ2n) is 8.35. The molecule has 0 radical (unpaired) electrons. The van der Waals surface area contributed by atoms with E-state index in [2.05, 4.69) is 62.4 Å². The molecule has 156 valence electrons. The molecule has 4 rings (SSSR count). The first-order valence-corrected chi connectivity index (χ1v) is 10.7. The van der Waals surface area contributed by atoms with E-state index in [1.807, 2.05) is 36.4 Å². The van der Waals surface area contributed by atoms with Gasteiger partial charge in [-0.05, 0) is 47.2 Å². The molecule has 0 heterocycles. The van der Waals surface area contributed by atoms with Gasteiger partial charge in [-0.1, -0.05) is 96.1 Å². The molecule has 31 heavy (non-hydrogen) atoms. The largest absolute Gasteiger partial charge is 0.507 e. The predicted molar refractivity (Wildman–Crippen MR) is 127 cm³/mol. The molecule has 0 saturated heterocycles. The molecule has 0 bridgehead atoms. The van der Waals surface area contributed by atoms with Crippen molar-refractivity contribution in [1.29, 1.82) is 0 Å². The lowest BCUT2D eigenvalue weighted by atomic mass is 9.95. The number of para-hydroxylation sites is 2. The lowest BCUT2D eigenvalue weighted by molar-refractivity contribution is 0.457. The van der Waals surface area contributed by atoms with E-state index in [9.17, 15) is 10.2 Å². The number of benzene rings is 4. The number of phenols is 2. The second-order valence-corrected chi connectivity index (χ2v) is 8.35. The summed E-state index contributed by atoms with van der Waals surface area (Å²) >= 11 is 0. The molecule has 0 amide bonds. The number of hydrogen-bond acceptors (Lipinski definition) is 2. The standard InChI is InChI=1S/C29H28O2/c1-20-9-13-22(14-10-20)17-24-5-3-7-26(28(24)30)19-27-8-4-6-25(29(27)31)18-23-15-11-21(2)12-16-23/h3-16,30-31H,17-19H2,1-2H3. The summed E-state index contributed by atoms with van der Waals surface area (Å²) in [5.41, 5.74) is 8.24. The topological polar surface area (TPSA) is 40.5 Å². The Balaban J connectivity index is 1.56. The third kappa shape index (κ3) is 4.97. The van der Waals surface area contributed by atoms with Crippen LogP contribution in [0, 0.1) is 13.8 Å². The fraction of sp³-hybridized carbons (Fsp3) is 0.172. The van der Waals surface area contributed by atoms with E-state index in [4.69, 9.17) is 0 Å². The summed E-state index contributed by atoms with van der Waals surface area (Å²) in [6.07, 6.45) is 1.85. The first-order chi connectivity index (χ1) is 15.0. The molecule has 0 atom stereocenters. The molecular weight excluding hydrogens is 380 g/mol. The second kappa shape index (κ2) is 9.09. The number of hydrogen-bond donors (Lipinski definition) is 2. The maximum Gasteiger partial charge on any atom is 0.122 e. The summed E-state index contributed by atoms with van der Waals surface area (Å²) in [5, 5.41) is 21.8. The Bertz CT molecular complexity index is 1080. The van der Waals surface area contributed by atoms with Gasteiger partial charge in [0.2, 0.25) is 0 Å². The number of phenolic OH excluding ortho intramolecular Hbond substituents is 2. The quantitative estimate of drug-likeness (QED) is 0.383. The maximum absolute atomic E-state index is 10.9. The van der Waals surface area contributed by atoms with Crippen molar-refractivity contribution in [2.75, 3.05) is 0 Å². The van der Waals surface area contributed by atoms with Gasteiger partial charge in [-0.15, -0.1) is 0 Å². The summed E-state index contributed by atoms with van der Waals surface area (Å²) in [7, 11) is 0. The van der Waals surface area contributed by atoms with Crippen molar-refractivity contribution in [3.63, 3.8) is 0 Å². The van der Waals surface area contributed by atoms with Crippen LogP contribution in [-0.4, -0.2) is 10.2 Å². The van der Waals surface area contributed by atoms with Crippen molar-refractivity contribution in [1.82, 2.24) is 0 Å². The molecule has 4 aromatic carbocycles. The first-order valence-electron chi connectivity index (χ1n) is 10.7. The molecule has 0 saturated carbocycles. The molecule has 2 nitrogen and oxygen atoms in total. The van der Waals surface area contributed by atoms with Gasteiger partial charge in [0.25, 0.3) is 0 Å². The molecule has 0 aliphatic rings. The van der Waals surface area contributed by atoms with Crippen LogP contribution in [0.1, 0.15) is 44.5 Å². The molecule has 2 heteroatoms. The van der Waals surface area contributed by atoms with Gasteiger partial charge in [-0.3, -0.25) is 0 Å². The normalized spacial score (nSPS) is 10.9. The Morgan fingerprint density at radius 1 is 0.452 bits per heavy atom. The number of aromatic hydroxyl groups is 2. The molecular formula is C29H28O2. The summed E-state index contributed by atoms with van der Waals surface area (Å²) in [5.74, 6) is 0.623. The van der Waals surface area contributed by atoms with Crippen molar-refractivity contribution in [2.45, 2.75) is 33.1 Å². The molecule has 0 aromatic heterocycles. The summed E-state index contributed by atoms with van der Waals surface area (Å²) < 4.78 is 0. The fourth-order valence-electron chi connectivity index (χ4n) is 3.92. The molecule has 2 N–H and O–H groups in total. The smallest absolute Gasteiger partial charge is 0.122 e. The third-order valence-electron chi connectivity index (χ3n) is 5.82. The van der Waals surface area contributed by atoms with E-state index >= 15 is 0 Å². The van der Waals surface area contributed by atoms with Crippen LogP contribution in [0.25, 0.3) is 0 Å². The molecule has 0 unspecified atom stereocenters. The van der Waals surface area contributed by atoms with Crippen molar-refractivity contribution < 1.29 is 10.2 Å². The molecule has 0 spiro atoms. The average molecular weight is 409 g/mol. The Morgan fingerprint density at radius 2 is 0.774 bits per heavy atom. The van der Waals surface area contributed by atoms with Crippen molar-refractivity contribution in [2.24, 2.45) is 0 Å². The monoisotopic (exact) mass is 408 g/mol. The lowest BCUT2D eigenvalue weighted by Gasteiger charge is -2.13. The highest BCUT2D eigenvalue weighted by Gasteiger charge is 2.13. The zero-order chi connectivity index (χ0) is 21.8. The molecule has 0 aliphatic carbocycles. The Hall–Kier alpha value is -3.52. The minimum absolute atomic E-state index is 0.311. The SMILES string of the molecule is Cc1ccc(Cc2cccc(Cc3cccc(Cc4ccc(C)cc4)c3O)c2O)cc1. The fourth-order valence-corrected chi connectivity index (χ4v) is 3.92. The van der Waals surface area contributed by atoms with E-state index < -0.39 is 0 Å². The number of aryl methyl sites for hydroxylation is 2. The van der Waals surface area contributed by atoms with Gasteiger partial charge in [0, 0.05) is 19.3 Å². The van der Waals surface area contributed by atoms with Gasteiger partial charge < -0.3 is 10.2 Å². The van der Waals surface area contributed by atoms with Crippen LogP contribution in [-0.2, 0) is 19.3 Å². The van der Waals surface area contributed by atoms with E-state index in [1.165, 1.54) is 22.3 Å². The lowest BCUT2D eigenvalue weighted by Crippen LogP contribution is -1.97. The zero-order valence-corrected chi connectivity index (χ0v) is 18.1. The van der Waals surface area contributed by atoms with E-state index in [0.29, 0.717) is 30.8 Å². The summed E-state index contributed by atoms with van der Waals surface area (Å²) in [4.78, 5) is 0. The van der Waals surface area contributed by atoms with Crippen LogP contribution >= 0.6 is 0 Å². The van der Waals surface area contributed by atoms with Crippen LogP contribution in [0.5, 0.6) is 11.5 Å². The first kappa shape index (κ1) is 20.7. The van der Waals surface area contributed by atoms with Crippen molar-refractivity contribution in [3.05, 3.63) is 129 Å².